The van der Waals surface area contributed by atoms with Crippen LogP contribution in [0.4, 0.5) is 0 Å². The zero-order chi connectivity index (χ0) is 19.1. The average molecular weight is 359 g/mol. The van der Waals surface area contributed by atoms with Crippen LogP contribution in [0.3, 0.4) is 0 Å². The quantitative estimate of drug-likeness (QED) is 0.663. The largest absolute Gasteiger partial charge is 0.478 e. The summed E-state index contributed by atoms with van der Waals surface area (Å²) in [7, 11) is 0. The van der Waals surface area contributed by atoms with Crippen molar-refractivity contribution in [3.63, 3.8) is 0 Å². The van der Waals surface area contributed by atoms with E-state index in [-0.39, 0.29) is 17.5 Å². The molecule has 0 bridgehead atoms. The minimum absolute atomic E-state index is 0.0366. The van der Waals surface area contributed by atoms with Crippen LogP contribution in [0.5, 0.6) is 0 Å². The highest BCUT2D eigenvalue weighted by Gasteiger charge is 2.28. The van der Waals surface area contributed by atoms with E-state index in [0.29, 0.717) is 25.3 Å². The van der Waals surface area contributed by atoms with Crippen LogP contribution in [-0.2, 0) is 11.2 Å². The summed E-state index contributed by atoms with van der Waals surface area (Å²) in [5.41, 5.74) is 1.27. The monoisotopic (exact) mass is 359 g/mol. The van der Waals surface area contributed by atoms with Crippen LogP contribution in [0.2, 0.25) is 0 Å². The lowest BCUT2D eigenvalue weighted by atomic mass is 10.0. The fourth-order valence-corrected chi connectivity index (χ4v) is 3.17. The first-order valence-electron chi connectivity index (χ1n) is 9.35. The van der Waals surface area contributed by atoms with Crippen molar-refractivity contribution in [1.82, 2.24) is 4.90 Å². The van der Waals surface area contributed by atoms with Crippen LogP contribution < -0.4 is 0 Å². The third-order valence-electron chi connectivity index (χ3n) is 4.81. The van der Waals surface area contributed by atoms with Gasteiger partial charge in [-0.15, -0.1) is 0 Å². The molecule has 0 unspecified atom stereocenters. The Labute approximate surface area is 155 Å². The van der Waals surface area contributed by atoms with Gasteiger partial charge in [0, 0.05) is 13.0 Å². The van der Waals surface area contributed by atoms with Gasteiger partial charge in [-0.25, -0.2) is 4.79 Å². The number of hydrogen-bond acceptors (Lipinski definition) is 3. The Morgan fingerprint density at radius 2 is 1.96 bits per heavy atom. The molecule has 1 heterocycles. The zero-order valence-electron chi connectivity index (χ0n) is 15.6. The van der Waals surface area contributed by atoms with Gasteiger partial charge in [0.15, 0.2) is 0 Å². The second-order valence-electron chi connectivity index (χ2n) is 7.37. The SMILES string of the molecule is CC(C)CC[C@H](O)/C=C/[C@H]1CCC(=O)N1CCc1ccc(C(=O)O)cc1. The summed E-state index contributed by atoms with van der Waals surface area (Å²) in [6, 6.07) is 6.81. The maximum atomic E-state index is 12.2. The van der Waals surface area contributed by atoms with E-state index in [1.54, 1.807) is 24.3 Å². The van der Waals surface area contributed by atoms with Crippen LogP contribution in [-0.4, -0.2) is 45.7 Å². The maximum Gasteiger partial charge on any atom is 0.335 e. The van der Waals surface area contributed by atoms with E-state index in [0.717, 1.165) is 24.8 Å². The van der Waals surface area contributed by atoms with E-state index in [1.165, 1.54) is 0 Å². The van der Waals surface area contributed by atoms with Crippen molar-refractivity contribution in [1.29, 1.82) is 0 Å². The molecule has 1 aliphatic rings. The first-order valence-corrected chi connectivity index (χ1v) is 9.35. The molecule has 0 spiro atoms. The predicted octanol–water partition coefficient (Wildman–Crippen LogP) is 3.27. The second kappa shape index (κ2) is 9.53. The van der Waals surface area contributed by atoms with Crippen molar-refractivity contribution in [3.05, 3.63) is 47.5 Å². The van der Waals surface area contributed by atoms with Gasteiger partial charge in [0.25, 0.3) is 0 Å². The summed E-state index contributed by atoms with van der Waals surface area (Å²) >= 11 is 0. The topological polar surface area (TPSA) is 77.8 Å². The molecule has 2 N–H and O–H groups in total. The molecule has 5 nitrogen and oxygen atoms in total. The number of carboxylic acid groups (broad SMARTS) is 1. The third kappa shape index (κ3) is 5.99. The molecule has 142 valence electrons. The molecular weight excluding hydrogens is 330 g/mol. The molecule has 0 saturated carbocycles. The number of benzene rings is 1. The van der Waals surface area contributed by atoms with Crippen molar-refractivity contribution in [3.8, 4) is 0 Å². The Bertz CT molecular complexity index is 636. The number of nitrogens with zero attached hydrogens (tertiary/aromatic N) is 1. The lowest BCUT2D eigenvalue weighted by Gasteiger charge is -2.23. The molecule has 1 saturated heterocycles. The number of aliphatic hydroxyl groups is 1. The van der Waals surface area contributed by atoms with E-state index in [2.05, 4.69) is 13.8 Å². The summed E-state index contributed by atoms with van der Waals surface area (Å²) in [5.74, 6) is -0.235. The van der Waals surface area contributed by atoms with Gasteiger partial charge >= 0.3 is 5.97 Å². The van der Waals surface area contributed by atoms with Gasteiger partial charge < -0.3 is 15.1 Å². The van der Waals surface area contributed by atoms with Crippen LogP contribution in [0.1, 0.15) is 55.5 Å². The van der Waals surface area contributed by atoms with Crippen molar-refractivity contribution >= 4 is 11.9 Å². The van der Waals surface area contributed by atoms with E-state index >= 15 is 0 Å². The third-order valence-corrected chi connectivity index (χ3v) is 4.81. The van der Waals surface area contributed by atoms with Crippen LogP contribution in [0, 0.1) is 5.92 Å². The van der Waals surface area contributed by atoms with Gasteiger partial charge in [0.1, 0.15) is 0 Å². The average Bonchev–Trinajstić information content (AvgIpc) is 2.96. The summed E-state index contributed by atoms with van der Waals surface area (Å²) < 4.78 is 0. The van der Waals surface area contributed by atoms with Crippen molar-refractivity contribution in [2.24, 2.45) is 5.92 Å². The van der Waals surface area contributed by atoms with Gasteiger partial charge in [-0.1, -0.05) is 38.1 Å². The van der Waals surface area contributed by atoms with Gasteiger partial charge in [0.2, 0.25) is 5.91 Å². The smallest absolute Gasteiger partial charge is 0.335 e. The van der Waals surface area contributed by atoms with Crippen LogP contribution in [0.15, 0.2) is 36.4 Å². The molecular formula is C21H29NO4. The second-order valence-corrected chi connectivity index (χ2v) is 7.37. The summed E-state index contributed by atoms with van der Waals surface area (Å²) in [4.78, 5) is 24.9. The minimum atomic E-state index is -0.938. The number of amides is 1. The van der Waals surface area contributed by atoms with Gasteiger partial charge in [-0.3, -0.25) is 4.79 Å². The molecule has 0 aliphatic carbocycles. The van der Waals surface area contributed by atoms with E-state index < -0.39 is 12.1 Å². The van der Waals surface area contributed by atoms with Crippen LogP contribution in [0.25, 0.3) is 0 Å². The normalized spacial score (nSPS) is 18.8. The Kier molecular flexibility index (Phi) is 7.39. The highest BCUT2D eigenvalue weighted by atomic mass is 16.4. The lowest BCUT2D eigenvalue weighted by molar-refractivity contribution is -0.128. The van der Waals surface area contributed by atoms with Crippen molar-refractivity contribution < 1.29 is 19.8 Å². The lowest BCUT2D eigenvalue weighted by Crippen LogP contribution is -2.33. The predicted molar refractivity (Wildman–Crippen MR) is 101 cm³/mol. The highest BCUT2D eigenvalue weighted by molar-refractivity contribution is 5.87. The molecule has 1 aromatic carbocycles. The summed E-state index contributed by atoms with van der Waals surface area (Å²) in [6.45, 7) is 4.87. The Hall–Kier alpha value is -2.14. The molecule has 1 amide bonds. The molecule has 0 aromatic heterocycles. The molecule has 2 rings (SSSR count). The Balaban J connectivity index is 1.89. The highest BCUT2D eigenvalue weighted by Crippen LogP contribution is 2.21. The van der Waals surface area contributed by atoms with E-state index in [4.69, 9.17) is 5.11 Å². The molecule has 0 radical (unpaired) electrons. The standard InChI is InChI=1S/C21H29NO4/c1-15(2)3-10-19(23)11-8-18-9-12-20(24)22(18)14-13-16-4-6-17(7-5-16)21(25)26/h4-8,11,15,18-19,23H,3,9-10,12-14H2,1-2H3,(H,25,26)/b11-8+/t18-,19-/m0/s1. The van der Waals surface area contributed by atoms with E-state index in [1.807, 2.05) is 17.1 Å². The number of rotatable bonds is 9. The molecule has 1 fully saturated rings. The molecule has 26 heavy (non-hydrogen) atoms. The number of aromatic carboxylic acids is 1. The molecule has 2 atom stereocenters. The number of carbonyl (C=O) groups is 2. The van der Waals surface area contributed by atoms with Crippen LogP contribution >= 0.6 is 0 Å². The summed E-state index contributed by atoms with van der Waals surface area (Å²) in [5, 5.41) is 19.0. The summed E-state index contributed by atoms with van der Waals surface area (Å²) in [6.07, 6.45) is 7.05. The first-order chi connectivity index (χ1) is 12.4. The van der Waals surface area contributed by atoms with Crippen molar-refractivity contribution in [2.75, 3.05) is 6.54 Å². The van der Waals surface area contributed by atoms with E-state index in [9.17, 15) is 14.7 Å². The number of carbonyl (C=O) groups excluding carboxylic acids is 1. The maximum absolute atomic E-state index is 12.2. The fourth-order valence-electron chi connectivity index (χ4n) is 3.17. The van der Waals surface area contributed by atoms with Gasteiger partial charge in [-0.05, 0) is 49.3 Å². The molecule has 1 aliphatic heterocycles. The number of hydrogen-bond donors (Lipinski definition) is 2. The van der Waals surface area contributed by atoms with Crippen molar-refractivity contribution in [2.45, 2.75) is 58.1 Å². The Morgan fingerprint density at radius 3 is 2.58 bits per heavy atom. The number of aliphatic hydroxyl groups excluding tert-OH is 1. The fraction of sp³-hybridized carbons (Fsp3) is 0.524. The zero-order valence-corrected chi connectivity index (χ0v) is 15.6. The molecule has 5 heteroatoms. The van der Waals surface area contributed by atoms with Gasteiger partial charge in [-0.2, -0.15) is 0 Å². The minimum Gasteiger partial charge on any atom is -0.478 e. The Morgan fingerprint density at radius 1 is 1.27 bits per heavy atom. The first kappa shape index (κ1) is 20.2. The van der Waals surface area contributed by atoms with Gasteiger partial charge in [0.05, 0.1) is 17.7 Å². The molecule has 1 aromatic rings. The number of likely N-dealkylation sites (tertiary alicyclic amines) is 1. The number of carboxylic acids is 1.